The molecule has 0 bridgehead atoms. The molecule has 0 radical (unpaired) electrons. The summed E-state index contributed by atoms with van der Waals surface area (Å²) in [7, 11) is 1.70. The van der Waals surface area contributed by atoms with E-state index >= 15 is 0 Å². The molecule has 0 aromatic carbocycles. The van der Waals surface area contributed by atoms with Crippen LogP contribution in [0.4, 0.5) is 0 Å². The van der Waals surface area contributed by atoms with Crippen molar-refractivity contribution in [1.82, 2.24) is 0 Å². The molecule has 0 saturated heterocycles. The first-order valence-electron chi connectivity index (χ1n) is 3.41. The topological polar surface area (TPSA) is 29.5 Å². The molecule has 0 aromatic rings. The van der Waals surface area contributed by atoms with Crippen LogP contribution in [0.2, 0.25) is 0 Å². The molecule has 0 aliphatic heterocycles. The predicted octanol–water partition coefficient (Wildman–Crippen LogP) is 1.04. The number of hydrogen-bond donors (Lipinski definition) is 1. The highest BCUT2D eigenvalue weighted by atomic mass is 16.5. The van der Waals surface area contributed by atoms with E-state index in [-0.39, 0.29) is 0 Å². The van der Waals surface area contributed by atoms with E-state index in [1.807, 2.05) is 6.92 Å². The second kappa shape index (κ2) is 6.05. The van der Waals surface area contributed by atoms with Gasteiger partial charge in [0.25, 0.3) is 0 Å². The molecule has 9 heavy (non-hydrogen) atoms. The molecule has 56 valence electrons. The summed E-state index contributed by atoms with van der Waals surface area (Å²) in [6.07, 6.45) is 2.11. The maximum absolute atomic E-state index is 8.59. The monoisotopic (exact) mass is 132 g/mol. The van der Waals surface area contributed by atoms with E-state index in [2.05, 4.69) is 0 Å². The zero-order chi connectivity index (χ0) is 7.11. The first-order valence-corrected chi connectivity index (χ1v) is 3.41. The Labute approximate surface area is 56.8 Å². The summed E-state index contributed by atoms with van der Waals surface area (Å²) < 4.78 is 4.86. The van der Waals surface area contributed by atoms with E-state index in [1.165, 1.54) is 0 Å². The third-order valence-corrected chi connectivity index (χ3v) is 1.36. The summed E-state index contributed by atoms with van der Waals surface area (Å²) in [6, 6.07) is 0. The lowest BCUT2D eigenvalue weighted by molar-refractivity contribution is 0.174. The van der Waals surface area contributed by atoms with Crippen LogP contribution in [0.1, 0.15) is 19.8 Å². The molecule has 0 aromatic heterocycles. The van der Waals surface area contributed by atoms with Crippen LogP contribution in [0, 0.1) is 5.92 Å². The zero-order valence-corrected chi connectivity index (χ0v) is 6.26. The molecule has 1 N–H and O–H groups in total. The Bertz CT molecular complexity index is 54.9. The summed E-state index contributed by atoms with van der Waals surface area (Å²) in [5, 5.41) is 8.59. The highest BCUT2D eigenvalue weighted by Gasteiger charge is 1.97. The van der Waals surface area contributed by atoms with Crippen molar-refractivity contribution < 1.29 is 9.84 Å². The highest BCUT2D eigenvalue weighted by molar-refractivity contribution is 4.48. The van der Waals surface area contributed by atoms with Gasteiger partial charge in [0.2, 0.25) is 0 Å². The first-order chi connectivity index (χ1) is 4.31. The second-order valence-corrected chi connectivity index (χ2v) is 2.42. The lowest BCUT2D eigenvalue weighted by Crippen LogP contribution is -2.01. The van der Waals surface area contributed by atoms with Crippen molar-refractivity contribution >= 4 is 0 Å². The van der Waals surface area contributed by atoms with Crippen molar-refractivity contribution in [3.63, 3.8) is 0 Å². The van der Waals surface area contributed by atoms with Crippen LogP contribution in [0.25, 0.3) is 0 Å². The molecular formula is C7H16O2. The van der Waals surface area contributed by atoms with E-state index in [1.54, 1.807) is 7.11 Å². The molecule has 0 saturated carbocycles. The van der Waals surface area contributed by atoms with Crippen molar-refractivity contribution in [2.45, 2.75) is 19.8 Å². The minimum Gasteiger partial charge on any atom is -0.396 e. The fourth-order valence-electron chi connectivity index (χ4n) is 0.667. The summed E-state index contributed by atoms with van der Waals surface area (Å²) in [4.78, 5) is 0. The first kappa shape index (κ1) is 8.92. The average molecular weight is 132 g/mol. The van der Waals surface area contributed by atoms with Crippen LogP contribution in [0.3, 0.4) is 0 Å². The van der Waals surface area contributed by atoms with Crippen LogP contribution in [0.5, 0.6) is 0 Å². The SMILES string of the molecule is COCCC[C@H](C)CO. The molecule has 0 spiro atoms. The number of ether oxygens (including phenoxy) is 1. The largest absolute Gasteiger partial charge is 0.396 e. The number of hydrogen-bond acceptors (Lipinski definition) is 2. The van der Waals surface area contributed by atoms with Crippen molar-refractivity contribution in [3.8, 4) is 0 Å². The van der Waals surface area contributed by atoms with E-state index in [0.29, 0.717) is 12.5 Å². The molecule has 0 aliphatic rings. The van der Waals surface area contributed by atoms with Crippen LogP contribution in [-0.2, 0) is 4.74 Å². The molecule has 1 atom stereocenters. The van der Waals surface area contributed by atoms with Gasteiger partial charge in [-0.05, 0) is 18.8 Å². The summed E-state index contributed by atoms with van der Waals surface area (Å²) in [6.45, 7) is 3.14. The Morgan fingerprint density at radius 3 is 2.67 bits per heavy atom. The van der Waals surface area contributed by atoms with Crippen molar-refractivity contribution in [3.05, 3.63) is 0 Å². The van der Waals surface area contributed by atoms with Crippen molar-refractivity contribution in [2.24, 2.45) is 5.92 Å². The van der Waals surface area contributed by atoms with Crippen LogP contribution in [0.15, 0.2) is 0 Å². The van der Waals surface area contributed by atoms with Crippen LogP contribution in [-0.4, -0.2) is 25.4 Å². The Balaban J connectivity index is 2.88. The summed E-state index contributed by atoms with van der Waals surface area (Å²) >= 11 is 0. The van der Waals surface area contributed by atoms with Gasteiger partial charge in [0.15, 0.2) is 0 Å². The maximum Gasteiger partial charge on any atom is 0.0462 e. The quantitative estimate of drug-likeness (QED) is 0.566. The van der Waals surface area contributed by atoms with Gasteiger partial charge in [-0.3, -0.25) is 0 Å². The van der Waals surface area contributed by atoms with Gasteiger partial charge in [-0.2, -0.15) is 0 Å². The molecule has 2 nitrogen and oxygen atoms in total. The molecule has 0 rings (SSSR count). The number of aliphatic hydroxyl groups is 1. The Kier molecular flexibility index (Phi) is 5.99. The van der Waals surface area contributed by atoms with E-state index in [9.17, 15) is 0 Å². The van der Waals surface area contributed by atoms with Gasteiger partial charge in [0.05, 0.1) is 0 Å². The predicted molar refractivity (Wildman–Crippen MR) is 37.4 cm³/mol. The molecular weight excluding hydrogens is 116 g/mol. The fourth-order valence-corrected chi connectivity index (χ4v) is 0.667. The maximum atomic E-state index is 8.59. The van der Waals surface area contributed by atoms with Gasteiger partial charge in [0, 0.05) is 20.3 Å². The normalized spacial score (nSPS) is 13.7. The van der Waals surface area contributed by atoms with Gasteiger partial charge in [0.1, 0.15) is 0 Å². The molecule has 2 heteroatoms. The molecule has 0 aliphatic carbocycles. The zero-order valence-electron chi connectivity index (χ0n) is 6.26. The Morgan fingerprint density at radius 1 is 1.56 bits per heavy atom. The molecule has 0 fully saturated rings. The average Bonchev–Trinajstić information content (AvgIpc) is 1.89. The van der Waals surface area contributed by atoms with E-state index in [0.717, 1.165) is 19.4 Å². The second-order valence-electron chi connectivity index (χ2n) is 2.42. The highest BCUT2D eigenvalue weighted by Crippen LogP contribution is 2.02. The summed E-state index contributed by atoms with van der Waals surface area (Å²) in [5.74, 6) is 0.431. The molecule has 0 amide bonds. The number of aliphatic hydroxyl groups excluding tert-OH is 1. The van der Waals surface area contributed by atoms with Gasteiger partial charge < -0.3 is 9.84 Å². The van der Waals surface area contributed by atoms with Crippen molar-refractivity contribution in [1.29, 1.82) is 0 Å². The Morgan fingerprint density at radius 2 is 2.22 bits per heavy atom. The van der Waals surface area contributed by atoms with Crippen molar-refractivity contribution in [2.75, 3.05) is 20.3 Å². The fraction of sp³-hybridized carbons (Fsp3) is 1.00. The standard InChI is InChI=1S/C7H16O2/c1-7(6-8)4-3-5-9-2/h7-8H,3-6H2,1-2H3/t7-/m0/s1. The molecule has 0 heterocycles. The summed E-state index contributed by atoms with van der Waals surface area (Å²) in [5.41, 5.74) is 0. The number of rotatable bonds is 5. The van der Waals surface area contributed by atoms with Gasteiger partial charge in [-0.1, -0.05) is 6.92 Å². The Hall–Kier alpha value is -0.0800. The number of methoxy groups -OCH3 is 1. The lowest BCUT2D eigenvalue weighted by Gasteiger charge is -2.05. The minimum absolute atomic E-state index is 0.295. The minimum atomic E-state index is 0.295. The van der Waals surface area contributed by atoms with Crippen LogP contribution >= 0.6 is 0 Å². The lowest BCUT2D eigenvalue weighted by atomic mass is 10.1. The van der Waals surface area contributed by atoms with Crippen LogP contribution < -0.4 is 0 Å². The smallest absolute Gasteiger partial charge is 0.0462 e. The van der Waals surface area contributed by atoms with E-state index in [4.69, 9.17) is 9.84 Å². The molecule has 0 unspecified atom stereocenters. The third kappa shape index (κ3) is 5.80. The van der Waals surface area contributed by atoms with Gasteiger partial charge >= 0.3 is 0 Å². The third-order valence-electron chi connectivity index (χ3n) is 1.36. The van der Waals surface area contributed by atoms with Gasteiger partial charge in [-0.25, -0.2) is 0 Å². The van der Waals surface area contributed by atoms with Gasteiger partial charge in [-0.15, -0.1) is 0 Å². The van der Waals surface area contributed by atoms with E-state index < -0.39 is 0 Å².